The molecule has 0 bridgehead atoms. The van der Waals surface area contributed by atoms with Gasteiger partial charge in [-0.1, -0.05) is 0 Å². The predicted molar refractivity (Wildman–Crippen MR) is 75.7 cm³/mol. The molecule has 3 N–H and O–H groups in total. The maximum Gasteiger partial charge on any atom is 0.128 e. The van der Waals surface area contributed by atoms with Gasteiger partial charge in [0, 0.05) is 35.3 Å². The van der Waals surface area contributed by atoms with Crippen molar-refractivity contribution in [1.29, 1.82) is 0 Å². The SMILES string of the molecule is CNC(Cc1nc(C)cs1)c1cc(C)cnc1N. The van der Waals surface area contributed by atoms with Crippen LogP contribution in [0.1, 0.15) is 27.9 Å². The third kappa shape index (κ3) is 2.86. The second kappa shape index (κ2) is 5.46. The molecule has 5 heteroatoms. The van der Waals surface area contributed by atoms with Gasteiger partial charge in [-0.25, -0.2) is 9.97 Å². The fourth-order valence-electron chi connectivity index (χ4n) is 1.92. The van der Waals surface area contributed by atoms with Crippen LogP contribution in [0.15, 0.2) is 17.6 Å². The second-order valence-corrected chi connectivity index (χ2v) is 5.36. The van der Waals surface area contributed by atoms with E-state index in [9.17, 15) is 0 Å². The van der Waals surface area contributed by atoms with E-state index in [2.05, 4.69) is 26.7 Å². The molecule has 4 nitrogen and oxygen atoms in total. The van der Waals surface area contributed by atoms with Gasteiger partial charge in [0.25, 0.3) is 0 Å². The van der Waals surface area contributed by atoms with Gasteiger partial charge in [0.05, 0.1) is 5.01 Å². The average molecular weight is 262 g/mol. The van der Waals surface area contributed by atoms with E-state index in [1.165, 1.54) is 0 Å². The molecular formula is C13H18N4S. The Balaban J connectivity index is 2.25. The van der Waals surface area contributed by atoms with Crippen molar-refractivity contribution in [3.05, 3.63) is 39.5 Å². The van der Waals surface area contributed by atoms with E-state index in [1.807, 2.05) is 20.9 Å². The first-order valence-corrected chi connectivity index (χ1v) is 6.78. The van der Waals surface area contributed by atoms with Gasteiger partial charge in [-0.05, 0) is 32.5 Å². The highest BCUT2D eigenvalue weighted by atomic mass is 32.1. The largest absolute Gasteiger partial charge is 0.383 e. The van der Waals surface area contributed by atoms with Gasteiger partial charge in [-0.3, -0.25) is 0 Å². The number of nitrogen functional groups attached to an aromatic ring is 1. The Kier molecular flexibility index (Phi) is 3.93. The van der Waals surface area contributed by atoms with Crippen LogP contribution in [0.25, 0.3) is 0 Å². The molecule has 1 unspecified atom stereocenters. The minimum atomic E-state index is 0.156. The molecule has 0 saturated heterocycles. The number of nitrogens with zero attached hydrogens (tertiary/aromatic N) is 2. The highest BCUT2D eigenvalue weighted by Gasteiger charge is 2.15. The molecule has 0 aliphatic heterocycles. The quantitative estimate of drug-likeness (QED) is 0.887. The standard InChI is InChI=1S/C13H18N4S/c1-8-4-10(13(14)16-6-8)11(15-3)5-12-17-9(2)7-18-12/h4,6-7,11,15H,5H2,1-3H3,(H2,14,16). The van der Waals surface area contributed by atoms with Crippen LogP contribution in [0.4, 0.5) is 5.82 Å². The monoisotopic (exact) mass is 262 g/mol. The van der Waals surface area contributed by atoms with E-state index in [0.29, 0.717) is 5.82 Å². The number of pyridine rings is 1. The normalized spacial score (nSPS) is 12.6. The summed E-state index contributed by atoms with van der Waals surface area (Å²) in [6, 6.07) is 2.24. The summed E-state index contributed by atoms with van der Waals surface area (Å²) >= 11 is 1.69. The van der Waals surface area contributed by atoms with Gasteiger partial charge in [-0.15, -0.1) is 11.3 Å². The summed E-state index contributed by atoms with van der Waals surface area (Å²) in [5, 5.41) is 6.48. The summed E-state index contributed by atoms with van der Waals surface area (Å²) in [6.07, 6.45) is 2.63. The van der Waals surface area contributed by atoms with Crippen molar-refractivity contribution in [3.8, 4) is 0 Å². The van der Waals surface area contributed by atoms with E-state index in [1.54, 1.807) is 17.5 Å². The molecule has 96 valence electrons. The molecule has 2 heterocycles. The van der Waals surface area contributed by atoms with Gasteiger partial charge < -0.3 is 11.1 Å². The Bertz CT molecular complexity index is 536. The zero-order valence-electron chi connectivity index (χ0n) is 10.9. The average Bonchev–Trinajstić information content (AvgIpc) is 2.75. The van der Waals surface area contributed by atoms with Gasteiger partial charge in [-0.2, -0.15) is 0 Å². The number of hydrogen-bond donors (Lipinski definition) is 2. The molecule has 18 heavy (non-hydrogen) atoms. The lowest BCUT2D eigenvalue weighted by Gasteiger charge is -2.17. The summed E-state index contributed by atoms with van der Waals surface area (Å²) in [4.78, 5) is 8.71. The maximum absolute atomic E-state index is 5.96. The molecule has 0 aliphatic rings. The number of nitrogens with one attached hydrogen (secondary N) is 1. The molecule has 0 spiro atoms. The van der Waals surface area contributed by atoms with Crippen LogP contribution in [-0.2, 0) is 6.42 Å². The Morgan fingerprint density at radius 3 is 2.83 bits per heavy atom. The van der Waals surface area contributed by atoms with Crippen molar-refractivity contribution in [2.45, 2.75) is 26.3 Å². The molecule has 0 amide bonds. The molecule has 2 rings (SSSR count). The third-order valence-corrected chi connectivity index (χ3v) is 3.84. The zero-order chi connectivity index (χ0) is 13.1. The van der Waals surface area contributed by atoms with Crippen molar-refractivity contribution in [2.24, 2.45) is 0 Å². The van der Waals surface area contributed by atoms with E-state index in [4.69, 9.17) is 5.73 Å². The Morgan fingerprint density at radius 1 is 1.44 bits per heavy atom. The summed E-state index contributed by atoms with van der Waals surface area (Å²) in [5.74, 6) is 0.591. The fraction of sp³-hybridized carbons (Fsp3) is 0.385. The Morgan fingerprint density at radius 2 is 2.22 bits per heavy atom. The van der Waals surface area contributed by atoms with Crippen molar-refractivity contribution in [3.63, 3.8) is 0 Å². The van der Waals surface area contributed by atoms with Crippen LogP contribution < -0.4 is 11.1 Å². The van der Waals surface area contributed by atoms with Crippen molar-refractivity contribution in [1.82, 2.24) is 15.3 Å². The van der Waals surface area contributed by atoms with Gasteiger partial charge in [0.1, 0.15) is 5.82 Å². The van der Waals surface area contributed by atoms with E-state index in [0.717, 1.165) is 28.2 Å². The summed E-state index contributed by atoms with van der Waals surface area (Å²) in [7, 11) is 1.94. The molecular weight excluding hydrogens is 244 g/mol. The number of thiazole rings is 1. The van der Waals surface area contributed by atoms with Crippen molar-refractivity contribution >= 4 is 17.2 Å². The number of rotatable bonds is 4. The number of anilines is 1. The van der Waals surface area contributed by atoms with Crippen LogP contribution in [0.5, 0.6) is 0 Å². The van der Waals surface area contributed by atoms with Crippen LogP contribution in [0.3, 0.4) is 0 Å². The molecule has 0 fully saturated rings. The summed E-state index contributed by atoms with van der Waals surface area (Å²) in [6.45, 7) is 4.03. The topological polar surface area (TPSA) is 63.8 Å². The molecule has 0 aliphatic carbocycles. The first-order chi connectivity index (χ1) is 8.60. The number of likely N-dealkylation sites (N-methyl/N-ethyl adjacent to an activating group) is 1. The highest BCUT2D eigenvalue weighted by molar-refractivity contribution is 7.09. The van der Waals surface area contributed by atoms with E-state index >= 15 is 0 Å². The molecule has 2 aromatic heterocycles. The van der Waals surface area contributed by atoms with Crippen LogP contribution >= 0.6 is 11.3 Å². The third-order valence-electron chi connectivity index (χ3n) is 2.86. The summed E-state index contributed by atoms with van der Waals surface area (Å²) < 4.78 is 0. The maximum atomic E-state index is 5.96. The molecule has 0 radical (unpaired) electrons. The van der Waals surface area contributed by atoms with Gasteiger partial charge in [0.2, 0.25) is 0 Å². The first kappa shape index (κ1) is 13.0. The van der Waals surface area contributed by atoms with Crippen molar-refractivity contribution in [2.75, 3.05) is 12.8 Å². The van der Waals surface area contributed by atoms with E-state index in [-0.39, 0.29) is 6.04 Å². The minimum Gasteiger partial charge on any atom is -0.383 e. The zero-order valence-corrected chi connectivity index (χ0v) is 11.7. The fourth-order valence-corrected chi connectivity index (χ4v) is 2.74. The molecule has 1 atom stereocenters. The lowest BCUT2D eigenvalue weighted by molar-refractivity contribution is 0.589. The summed E-state index contributed by atoms with van der Waals surface area (Å²) in [5.41, 5.74) is 9.19. The minimum absolute atomic E-state index is 0.156. The predicted octanol–water partition coefficient (Wildman–Crippen LogP) is 2.24. The molecule has 0 aromatic carbocycles. The lowest BCUT2D eigenvalue weighted by Crippen LogP contribution is -2.20. The Hall–Kier alpha value is -1.46. The second-order valence-electron chi connectivity index (χ2n) is 4.42. The van der Waals surface area contributed by atoms with Gasteiger partial charge in [0.15, 0.2) is 0 Å². The molecule has 0 saturated carbocycles. The lowest BCUT2D eigenvalue weighted by atomic mass is 10.0. The highest BCUT2D eigenvalue weighted by Crippen LogP contribution is 2.24. The Labute approximate surface area is 111 Å². The van der Waals surface area contributed by atoms with Crippen LogP contribution in [0, 0.1) is 13.8 Å². The van der Waals surface area contributed by atoms with Crippen molar-refractivity contribution < 1.29 is 0 Å². The number of nitrogens with two attached hydrogens (primary N) is 1. The first-order valence-electron chi connectivity index (χ1n) is 5.90. The number of hydrogen-bond acceptors (Lipinski definition) is 5. The smallest absolute Gasteiger partial charge is 0.128 e. The number of aromatic nitrogens is 2. The number of aryl methyl sites for hydroxylation is 2. The van der Waals surface area contributed by atoms with E-state index < -0.39 is 0 Å². The van der Waals surface area contributed by atoms with Crippen LogP contribution in [0.2, 0.25) is 0 Å². The molecule has 2 aromatic rings. The van der Waals surface area contributed by atoms with Crippen LogP contribution in [-0.4, -0.2) is 17.0 Å². The van der Waals surface area contributed by atoms with Gasteiger partial charge >= 0.3 is 0 Å².